The number of allylic oxidation sites excluding steroid dienone is 10. The molecule has 0 radical (unpaired) electrons. The molecule has 0 saturated heterocycles. The highest BCUT2D eigenvalue weighted by atomic mass is 16.1. The molecule has 0 amide bonds. The van der Waals surface area contributed by atoms with Crippen LogP contribution < -0.4 is 0 Å². The van der Waals surface area contributed by atoms with E-state index >= 15 is 0 Å². The minimum Gasteiger partial charge on any atom is -0.294 e. The van der Waals surface area contributed by atoms with Crippen molar-refractivity contribution in [2.24, 2.45) is 21.7 Å². The quantitative estimate of drug-likeness (QED) is 0.636. The Labute approximate surface area is 156 Å². The Hall–Kier alpha value is -1.96. The zero-order chi connectivity index (χ0) is 19.4. The number of carbonyl (C=O) groups is 2. The number of carbonyl (C=O) groups excluding carboxylic acids is 2. The van der Waals surface area contributed by atoms with E-state index in [1.54, 1.807) is 0 Å². The Morgan fingerprint density at radius 1 is 0.577 bits per heavy atom. The highest BCUT2D eigenvalue weighted by Gasteiger charge is 2.65. The molecule has 4 aliphatic carbocycles. The second-order valence-electron chi connectivity index (χ2n) is 9.26. The highest BCUT2D eigenvalue weighted by Crippen LogP contribution is 2.69. The molecule has 0 saturated carbocycles. The fraction of sp³-hybridized carbons (Fsp3) is 0.500. The normalized spacial score (nSPS) is 44.2. The summed E-state index contributed by atoms with van der Waals surface area (Å²) in [5.74, 6) is 0.400. The van der Waals surface area contributed by atoms with Crippen LogP contribution in [0.3, 0.4) is 0 Å². The van der Waals surface area contributed by atoms with Gasteiger partial charge in [-0.2, -0.15) is 0 Å². The molecule has 0 heterocycles. The maximum atomic E-state index is 12.7. The molecule has 26 heavy (non-hydrogen) atoms. The minimum absolute atomic E-state index is 0.200. The van der Waals surface area contributed by atoms with Gasteiger partial charge in [-0.1, -0.05) is 48.3 Å². The zero-order valence-electron chi connectivity index (χ0n) is 17.1. The predicted molar refractivity (Wildman–Crippen MR) is 104 cm³/mol. The lowest BCUT2D eigenvalue weighted by molar-refractivity contribution is -0.125. The molecule has 0 aromatic carbocycles. The molecular formula is C24H28O2. The Morgan fingerprint density at radius 3 is 1.15 bits per heavy atom. The molecule has 136 valence electrons. The van der Waals surface area contributed by atoms with Crippen LogP contribution in [-0.4, -0.2) is 11.6 Å². The van der Waals surface area contributed by atoms with Crippen molar-refractivity contribution in [3.8, 4) is 0 Å². The van der Waals surface area contributed by atoms with Crippen LogP contribution in [0.5, 0.6) is 0 Å². The Kier molecular flexibility index (Phi) is 3.00. The van der Waals surface area contributed by atoms with Gasteiger partial charge in [-0.15, -0.1) is 0 Å². The fourth-order valence-electron chi connectivity index (χ4n) is 6.22. The molecule has 0 N–H and O–H groups in total. The van der Waals surface area contributed by atoms with Crippen LogP contribution in [0, 0.1) is 21.7 Å². The summed E-state index contributed by atoms with van der Waals surface area (Å²) in [6.07, 6.45) is 7.78. The van der Waals surface area contributed by atoms with Crippen molar-refractivity contribution in [3.05, 3.63) is 57.7 Å². The first-order valence-corrected chi connectivity index (χ1v) is 9.47. The van der Waals surface area contributed by atoms with Gasteiger partial charge >= 0.3 is 0 Å². The lowest BCUT2D eigenvalue weighted by atomic mass is 9.47. The van der Waals surface area contributed by atoms with Gasteiger partial charge in [-0.05, 0) is 64.8 Å². The zero-order valence-corrected chi connectivity index (χ0v) is 17.1. The molecule has 4 aliphatic rings. The first-order valence-electron chi connectivity index (χ1n) is 9.47. The number of rotatable bonds is 2. The van der Waals surface area contributed by atoms with Crippen molar-refractivity contribution in [2.75, 3.05) is 0 Å². The fourth-order valence-corrected chi connectivity index (χ4v) is 6.22. The van der Waals surface area contributed by atoms with E-state index in [9.17, 15) is 9.59 Å². The van der Waals surface area contributed by atoms with Gasteiger partial charge in [-0.25, -0.2) is 0 Å². The topological polar surface area (TPSA) is 34.1 Å². The second kappa shape index (κ2) is 4.47. The molecule has 0 aliphatic heterocycles. The van der Waals surface area contributed by atoms with Gasteiger partial charge in [0.15, 0.2) is 11.6 Å². The smallest absolute Gasteiger partial charge is 0.167 e. The lowest BCUT2D eigenvalue weighted by Gasteiger charge is -2.54. The third kappa shape index (κ3) is 1.35. The van der Waals surface area contributed by atoms with E-state index in [0.29, 0.717) is 0 Å². The van der Waals surface area contributed by atoms with Gasteiger partial charge in [0, 0.05) is 10.8 Å². The van der Waals surface area contributed by atoms with Crippen molar-refractivity contribution in [1.82, 2.24) is 0 Å². The van der Waals surface area contributed by atoms with E-state index in [4.69, 9.17) is 0 Å². The average molecular weight is 348 g/mol. The van der Waals surface area contributed by atoms with Crippen molar-refractivity contribution >= 4 is 11.6 Å². The number of ketones is 2. The van der Waals surface area contributed by atoms with Crippen LogP contribution in [0.25, 0.3) is 0 Å². The molecule has 4 atom stereocenters. The lowest BCUT2D eigenvalue weighted by Crippen LogP contribution is -2.50. The van der Waals surface area contributed by atoms with Gasteiger partial charge < -0.3 is 0 Å². The standard InChI is InChI=1S/C24H28O2/c1-13-15(3)23(7)19(25)11-17(21(13,23)5)9-10-18-12-20(26)24(8)16(4)14(2)22(18,24)6/h9-12H,1-8H3/b10-9+. The average Bonchev–Trinajstić information content (AvgIpc) is 2.91. The summed E-state index contributed by atoms with van der Waals surface area (Å²) in [5, 5.41) is 0. The van der Waals surface area contributed by atoms with Crippen LogP contribution in [0.1, 0.15) is 55.4 Å². The predicted octanol–water partition coefficient (Wildman–Crippen LogP) is 5.29. The number of fused-ring (bicyclic) bond motifs is 2. The molecule has 4 rings (SSSR count). The summed E-state index contributed by atoms with van der Waals surface area (Å²) in [7, 11) is 0. The van der Waals surface area contributed by atoms with E-state index in [1.807, 2.05) is 12.2 Å². The molecule has 2 nitrogen and oxygen atoms in total. The summed E-state index contributed by atoms with van der Waals surface area (Å²) in [5.41, 5.74) is 5.87. The third-order valence-electron chi connectivity index (χ3n) is 9.28. The maximum Gasteiger partial charge on any atom is 0.167 e. The minimum atomic E-state index is -0.405. The van der Waals surface area contributed by atoms with Crippen molar-refractivity contribution < 1.29 is 9.59 Å². The van der Waals surface area contributed by atoms with Gasteiger partial charge in [0.2, 0.25) is 0 Å². The first kappa shape index (κ1) is 17.5. The third-order valence-corrected chi connectivity index (χ3v) is 9.28. The summed E-state index contributed by atoms with van der Waals surface area (Å²) in [6, 6.07) is 0. The molecule has 4 unspecified atom stereocenters. The maximum absolute atomic E-state index is 12.7. The summed E-state index contributed by atoms with van der Waals surface area (Å²) < 4.78 is 0. The molecule has 0 fully saturated rings. The van der Waals surface area contributed by atoms with Crippen LogP contribution >= 0.6 is 0 Å². The molecule has 0 aromatic rings. The molecular weight excluding hydrogens is 320 g/mol. The van der Waals surface area contributed by atoms with Crippen molar-refractivity contribution in [3.63, 3.8) is 0 Å². The summed E-state index contributed by atoms with van der Waals surface area (Å²) in [4.78, 5) is 25.4. The van der Waals surface area contributed by atoms with Crippen molar-refractivity contribution in [2.45, 2.75) is 55.4 Å². The number of hydrogen-bond donors (Lipinski definition) is 0. The molecule has 2 heteroatoms. The molecule has 0 bridgehead atoms. The number of hydrogen-bond acceptors (Lipinski definition) is 2. The summed E-state index contributed by atoms with van der Waals surface area (Å²) >= 11 is 0. The van der Waals surface area contributed by atoms with E-state index in [0.717, 1.165) is 11.1 Å². The summed E-state index contributed by atoms with van der Waals surface area (Å²) in [6.45, 7) is 16.9. The van der Waals surface area contributed by atoms with Gasteiger partial charge in [0.05, 0.1) is 10.8 Å². The van der Waals surface area contributed by atoms with Crippen LogP contribution in [-0.2, 0) is 9.59 Å². The Balaban J connectivity index is 1.74. The van der Waals surface area contributed by atoms with E-state index in [1.165, 1.54) is 22.3 Å². The van der Waals surface area contributed by atoms with Crippen LogP contribution in [0.2, 0.25) is 0 Å². The van der Waals surface area contributed by atoms with E-state index in [-0.39, 0.29) is 22.4 Å². The van der Waals surface area contributed by atoms with Crippen molar-refractivity contribution in [1.29, 1.82) is 0 Å². The molecule has 0 spiro atoms. The van der Waals surface area contributed by atoms with Gasteiger partial charge in [-0.3, -0.25) is 9.59 Å². The van der Waals surface area contributed by atoms with Gasteiger partial charge in [0.25, 0.3) is 0 Å². The van der Waals surface area contributed by atoms with Crippen LogP contribution in [0.4, 0.5) is 0 Å². The Morgan fingerprint density at radius 2 is 0.846 bits per heavy atom. The highest BCUT2D eigenvalue weighted by molar-refractivity contribution is 6.06. The largest absolute Gasteiger partial charge is 0.294 e. The van der Waals surface area contributed by atoms with Crippen LogP contribution in [0.15, 0.2) is 57.7 Å². The second-order valence-corrected chi connectivity index (χ2v) is 9.26. The monoisotopic (exact) mass is 348 g/mol. The Bertz CT molecular complexity index is 888. The van der Waals surface area contributed by atoms with E-state index in [2.05, 4.69) is 67.5 Å². The van der Waals surface area contributed by atoms with E-state index < -0.39 is 10.8 Å². The SMILES string of the molecule is CC1=C(C)C2(C)C(/C=C/C3=CC(=O)C4(C)C(C)=C(C)C34C)=CC(=O)C12C. The first-order chi connectivity index (χ1) is 11.9. The van der Waals surface area contributed by atoms with Gasteiger partial charge in [0.1, 0.15) is 0 Å². The molecule has 0 aromatic heterocycles.